The van der Waals surface area contributed by atoms with Crippen molar-refractivity contribution in [2.75, 3.05) is 6.61 Å². The minimum atomic E-state index is -4.90. The van der Waals surface area contributed by atoms with Crippen LogP contribution < -0.4 is 5.73 Å². The van der Waals surface area contributed by atoms with E-state index in [2.05, 4.69) is 0 Å². The van der Waals surface area contributed by atoms with Crippen LogP contribution in [0.5, 0.6) is 0 Å². The zero-order valence-electron chi connectivity index (χ0n) is 14.7. The maximum atomic E-state index is 13.0. The van der Waals surface area contributed by atoms with Gasteiger partial charge in [-0.25, -0.2) is 0 Å². The summed E-state index contributed by atoms with van der Waals surface area (Å²) in [4.78, 5) is 0. The average Bonchev–Trinajstić information content (AvgIpc) is 2.58. The van der Waals surface area contributed by atoms with Crippen LogP contribution in [0.4, 0.5) is 26.3 Å². The van der Waals surface area contributed by atoms with Gasteiger partial charge in [0.1, 0.15) is 0 Å². The third kappa shape index (κ3) is 5.46. The van der Waals surface area contributed by atoms with Crippen molar-refractivity contribution >= 4 is 0 Å². The molecule has 0 aromatic heterocycles. The molecule has 2 aromatic carbocycles. The van der Waals surface area contributed by atoms with Gasteiger partial charge in [-0.05, 0) is 43.2 Å². The number of ether oxygens (including phenoxy) is 1. The number of hydrogen-bond acceptors (Lipinski definition) is 2. The smallest absolute Gasteiger partial charge is 0.372 e. The summed E-state index contributed by atoms with van der Waals surface area (Å²) in [5.41, 5.74) is 2.99. The molecule has 2 atom stereocenters. The second-order valence-electron chi connectivity index (χ2n) is 6.58. The van der Waals surface area contributed by atoms with Crippen molar-refractivity contribution in [1.29, 1.82) is 0 Å². The maximum absolute atomic E-state index is 13.0. The van der Waals surface area contributed by atoms with E-state index in [1.807, 2.05) is 0 Å². The number of halogens is 6. The lowest BCUT2D eigenvalue weighted by Gasteiger charge is -2.27. The van der Waals surface area contributed by atoms with E-state index in [0.717, 1.165) is 5.56 Å². The van der Waals surface area contributed by atoms with E-state index < -0.39 is 35.1 Å². The van der Waals surface area contributed by atoms with E-state index in [1.54, 1.807) is 37.3 Å². The first-order chi connectivity index (χ1) is 12.3. The molecule has 0 bridgehead atoms. The summed E-state index contributed by atoms with van der Waals surface area (Å²) in [5.74, 6) is 0. The molecular weight excluding hydrogens is 372 g/mol. The first kappa shape index (κ1) is 21.2. The SMILES string of the molecule is CC(OC[C@@](C)(N)c1ccccc1)c1cc(C(F)(F)F)cc(C(F)(F)F)c1. The molecule has 0 saturated carbocycles. The lowest BCUT2D eigenvalue weighted by molar-refractivity contribution is -0.143. The summed E-state index contributed by atoms with van der Waals surface area (Å²) in [6.07, 6.45) is -10.8. The summed E-state index contributed by atoms with van der Waals surface area (Å²) in [5, 5.41) is 0. The minimum absolute atomic E-state index is 0.0875. The molecule has 0 aliphatic carbocycles. The van der Waals surface area contributed by atoms with E-state index in [4.69, 9.17) is 10.5 Å². The Hall–Kier alpha value is -2.06. The maximum Gasteiger partial charge on any atom is 0.416 e. The lowest BCUT2D eigenvalue weighted by Crippen LogP contribution is -2.38. The fraction of sp³-hybridized carbons (Fsp3) is 0.368. The van der Waals surface area contributed by atoms with Crippen LogP contribution in [0, 0.1) is 0 Å². The highest BCUT2D eigenvalue weighted by Gasteiger charge is 2.37. The molecule has 0 spiro atoms. The normalized spacial score (nSPS) is 16.0. The van der Waals surface area contributed by atoms with Gasteiger partial charge in [0, 0.05) is 0 Å². The van der Waals surface area contributed by atoms with Crippen molar-refractivity contribution in [2.45, 2.75) is 37.8 Å². The van der Waals surface area contributed by atoms with Crippen molar-refractivity contribution in [3.63, 3.8) is 0 Å². The Labute approximate surface area is 152 Å². The third-order valence-corrected chi connectivity index (χ3v) is 4.15. The Morgan fingerprint density at radius 2 is 1.33 bits per heavy atom. The Morgan fingerprint density at radius 1 is 0.852 bits per heavy atom. The minimum Gasteiger partial charge on any atom is -0.372 e. The Morgan fingerprint density at radius 3 is 1.78 bits per heavy atom. The summed E-state index contributed by atoms with van der Waals surface area (Å²) < 4.78 is 83.3. The summed E-state index contributed by atoms with van der Waals surface area (Å²) in [6.45, 7) is 2.97. The first-order valence-electron chi connectivity index (χ1n) is 8.06. The number of alkyl halides is 6. The first-order valence-corrected chi connectivity index (χ1v) is 8.06. The van der Waals surface area contributed by atoms with Crippen molar-refractivity contribution in [3.05, 3.63) is 70.8 Å². The molecule has 0 aliphatic rings. The fourth-order valence-corrected chi connectivity index (χ4v) is 2.51. The van der Waals surface area contributed by atoms with Crippen LogP contribution in [0.1, 0.15) is 42.2 Å². The van der Waals surface area contributed by atoms with Gasteiger partial charge in [0.2, 0.25) is 0 Å². The molecule has 2 nitrogen and oxygen atoms in total. The molecule has 0 amide bonds. The zero-order chi connectivity index (χ0) is 20.5. The fourth-order valence-electron chi connectivity index (χ4n) is 2.51. The Kier molecular flexibility index (Phi) is 5.91. The molecule has 0 fully saturated rings. The quantitative estimate of drug-likeness (QED) is 0.666. The number of nitrogens with two attached hydrogens (primary N) is 1. The van der Waals surface area contributed by atoms with Gasteiger partial charge in [0.05, 0.1) is 29.4 Å². The second kappa shape index (κ2) is 7.52. The van der Waals surface area contributed by atoms with E-state index >= 15 is 0 Å². The molecule has 0 radical (unpaired) electrons. The zero-order valence-corrected chi connectivity index (χ0v) is 14.7. The lowest BCUT2D eigenvalue weighted by atomic mass is 9.94. The largest absolute Gasteiger partial charge is 0.416 e. The molecule has 2 N–H and O–H groups in total. The molecule has 0 aliphatic heterocycles. The van der Waals surface area contributed by atoms with Crippen molar-refractivity contribution in [2.24, 2.45) is 5.73 Å². The van der Waals surface area contributed by atoms with Crippen molar-refractivity contribution in [3.8, 4) is 0 Å². The topological polar surface area (TPSA) is 35.2 Å². The molecule has 8 heteroatoms. The van der Waals surface area contributed by atoms with Gasteiger partial charge in [-0.15, -0.1) is 0 Å². The average molecular weight is 391 g/mol. The van der Waals surface area contributed by atoms with Crippen LogP contribution in [0.15, 0.2) is 48.5 Å². The van der Waals surface area contributed by atoms with E-state index in [1.165, 1.54) is 6.92 Å². The highest BCUT2D eigenvalue weighted by molar-refractivity contribution is 5.34. The molecule has 148 valence electrons. The monoisotopic (exact) mass is 391 g/mol. The molecule has 0 saturated heterocycles. The molecule has 0 heterocycles. The van der Waals surface area contributed by atoms with Gasteiger partial charge in [0.15, 0.2) is 0 Å². The molecule has 2 rings (SSSR count). The molecular formula is C19H19F6NO. The number of benzene rings is 2. The van der Waals surface area contributed by atoms with E-state index in [-0.39, 0.29) is 18.2 Å². The highest BCUT2D eigenvalue weighted by atomic mass is 19.4. The molecule has 2 aromatic rings. The van der Waals surface area contributed by atoms with E-state index in [0.29, 0.717) is 12.1 Å². The summed E-state index contributed by atoms with van der Waals surface area (Å²) in [7, 11) is 0. The van der Waals surface area contributed by atoms with Crippen LogP contribution in [-0.2, 0) is 22.6 Å². The van der Waals surface area contributed by atoms with Crippen LogP contribution in [0.3, 0.4) is 0 Å². The van der Waals surface area contributed by atoms with Gasteiger partial charge in [-0.3, -0.25) is 0 Å². The number of rotatable bonds is 5. The third-order valence-electron chi connectivity index (χ3n) is 4.15. The van der Waals surface area contributed by atoms with Crippen LogP contribution in [-0.4, -0.2) is 6.61 Å². The predicted molar refractivity (Wildman–Crippen MR) is 88.8 cm³/mol. The van der Waals surface area contributed by atoms with Gasteiger partial charge in [-0.2, -0.15) is 26.3 Å². The van der Waals surface area contributed by atoms with Crippen LogP contribution in [0.25, 0.3) is 0 Å². The van der Waals surface area contributed by atoms with Crippen molar-refractivity contribution < 1.29 is 31.1 Å². The van der Waals surface area contributed by atoms with Crippen LogP contribution >= 0.6 is 0 Å². The highest BCUT2D eigenvalue weighted by Crippen LogP contribution is 2.38. The van der Waals surface area contributed by atoms with Gasteiger partial charge in [-0.1, -0.05) is 30.3 Å². The Balaban J connectivity index is 2.26. The number of hydrogen-bond donors (Lipinski definition) is 1. The summed E-state index contributed by atoms with van der Waals surface area (Å²) >= 11 is 0. The molecule has 27 heavy (non-hydrogen) atoms. The van der Waals surface area contributed by atoms with Gasteiger partial charge >= 0.3 is 12.4 Å². The van der Waals surface area contributed by atoms with Gasteiger partial charge < -0.3 is 10.5 Å². The van der Waals surface area contributed by atoms with Crippen molar-refractivity contribution in [1.82, 2.24) is 0 Å². The second-order valence-corrected chi connectivity index (χ2v) is 6.58. The Bertz CT molecular complexity index is 736. The van der Waals surface area contributed by atoms with E-state index in [9.17, 15) is 26.3 Å². The van der Waals surface area contributed by atoms with Crippen LogP contribution in [0.2, 0.25) is 0 Å². The standard InChI is InChI=1S/C19H19F6NO/c1-12(27-11-17(2,26)14-6-4-3-5-7-14)13-8-15(18(20,21)22)10-16(9-13)19(23,24)25/h3-10,12H,11,26H2,1-2H3/t12?,17-/m1/s1. The van der Waals surface area contributed by atoms with Gasteiger partial charge in [0.25, 0.3) is 0 Å². The summed E-state index contributed by atoms with van der Waals surface area (Å²) in [6, 6.07) is 10.3. The predicted octanol–water partition coefficient (Wildman–Crippen LogP) is 5.68. The molecule has 1 unspecified atom stereocenters.